The van der Waals surface area contributed by atoms with E-state index < -0.39 is 0 Å². The van der Waals surface area contributed by atoms with Crippen molar-refractivity contribution in [3.05, 3.63) is 18.2 Å². The number of aliphatic imine (C=N–C) groups is 1. The van der Waals surface area contributed by atoms with Crippen molar-refractivity contribution in [1.29, 1.82) is 0 Å². The minimum Gasteiger partial charge on any atom is -0.493 e. The number of guanidine groups is 1. The van der Waals surface area contributed by atoms with Gasteiger partial charge in [-0.1, -0.05) is 12.8 Å². The molecule has 0 aliphatic heterocycles. The highest BCUT2D eigenvalue weighted by Gasteiger charge is 2.17. The van der Waals surface area contributed by atoms with E-state index in [4.69, 9.17) is 9.47 Å². The van der Waals surface area contributed by atoms with Gasteiger partial charge in [-0.05, 0) is 44.7 Å². The van der Waals surface area contributed by atoms with Crippen LogP contribution in [0.1, 0.15) is 46.0 Å². The third-order valence-corrected chi connectivity index (χ3v) is 4.72. The molecule has 0 radical (unpaired) electrons. The first-order chi connectivity index (χ1) is 13.7. The number of carbonyl (C=O) groups is 1. The Balaban J connectivity index is 0.00000420. The predicted molar refractivity (Wildman–Crippen MR) is 129 cm³/mol. The summed E-state index contributed by atoms with van der Waals surface area (Å²) < 4.78 is 10.9. The van der Waals surface area contributed by atoms with Crippen LogP contribution in [-0.2, 0) is 4.79 Å². The average molecular weight is 518 g/mol. The molecule has 1 aromatic rings. The van der Waals surface area contributed by atoms with Crippen molar-refractivity contribution < 1.29 is 14.3 Å². The number of amides is 1. The number of methoxy groups -OCH3 is 1. The summed E-state index contributed by atoms with van der Waals surface area (Å²) >= 11 is 0. The molecule has 0 spiro atoms. The number of benzene rings is 1. The first-order valence-electron chi connectivity index (χ1n) is 10.3. The SMILES string of the molecule is CCNC(=NCCNC(=O)CC1CCCC1)Nc1ccc(OC)c(OCC)c1.I. The molecule has 0 atom stereocenters. The highest BCUT2D eigenvalue weighted by Crippen LogP contribution is 2.30. The summed E-state index contributed by atoms with van der Waals surface area (Å²) in [6.45, 7) is 6.31. The fourth-order valence-corrected chi connectivity index (χ4v) is 3.38. The Kier molecular flexibility index (Phi) is 12.5. The molecule has 0 aromatic heterocycles. The Morgan fingerprint density at radius 1 is 1.17 bits per heavy atom. The lowest BCUT2D eigenvalue weighted by atomic mass is 10.0. The quantitative estimate of drug-likeness (QED) is 0.190. The van der Waals surface area contributed by atoms with E-state index in [0.717, 1.165) is 12.2 Å². The topological polar surface area (TPSA) is 84.0 Å². The zero-order valence-electron chi connectivity index (χ0n) is 17.8. The molecule has 1 aliphatic rings. The summed E-state index contributed by atoms with van der Waals surface area (Å²) in [5.74, 6) is 2.75. The van der Waals surface area contributed by atoms with Gasteiger partial charge in [0.2, 0.25) is 5.91 Å². The van der Waals surface area contributed by atoms with Crippen LogP contribution in [0.4, 0.5) is 5.69 Å². The second kappa shape index (κ2) is 14.3. The van der Waals surface area contributed by atoms with Gasteiger partial charge in [-0.2, -0.15) is 0 Å². The van der Waals surface area contributed by atoms with E-state index in [1.165, 1.54) is 25.7 Å². The van der Waals surface area contributed by atoms with Crippen molar-refractivity contribution in [3.8, 4) is 11.5 Å². The zero-order chi connectivity index (χ0) is 20.2. The Morgan fingerprint density at radius 3 is 2.59 bits per heavy atom. The molecule has 0 heterocycles. The number of nitrogens with zero attached hydrogens (tertiary/aromatic N) is 1. The van der Waals surface area contributed by atoms with Crippen molar-refractivity contribution >= 4 is 41.5 Å². The Labute approximate surface area is 191 Å². The Hall–Kier alpha value is -1.71. The van der Waals surface area contributed by atoms with Crippen LogP contribution in [0.15, 0.2) is 23.2 Å². The predicted octanol–water partition coefficient (Wildman–Crippen LogP) is 3.79. The highest BCUT2D eigenvalue weighted by molar-refractivity contribution is 14.0. The van der Waals surface area contributed by atoms with E-state index in [9.17, 15) is 4.79 Å². The minimum absolute atomic E-state index is 0. The molecule has 7 nitrogen and oxygen atoms in total. The van der Waals surface area contributed by atoms with Crippen molar-refractivity contribution in [2.45, 2.75) is 46.0 Å². The van der Waals surface area contributed by atoms with E-state index in [2.05, 4.69) is 20.9 Å². The fraction of sp³-hybridized carbons (Fsp3) is 0.619. The van der Waals surface area contributed by atoms with Crippen molar-refractivity contribution in [2.24, 2.45) is 10.9 Å². The van der Waals surface area contributed by atoms with Gasteiger partial charge in [0.15, 0.2) is 17.5 Å². The van der Waals surface area contributed by atoms with E-state index in [-0.39, 0.29) is 29.9 Å². The molecule has 0 bridgehead atoms. The number of nitrogens with one attached hydrogen (secondary N) is 3. The molecular weight excluding hydrogens is 483 g/mol. The van der Waals surface area contributed by atoms with Crippen molar-refractivity contribution in [3.63, 3.8) is 0 Å². The van der Waals surface area contributed by atoms with Gasteiger partial charge in [0.05, 0.1) is 20.3 Å². The third kappa shape index (κ3) is 9.10. The second-order valence-electron chi connectivity index (χ2n) is 6.89. The van der Waals surface area contributed by atoms with Gasteiger partial charge in [-0.3, -0.25) is 9.79 Å². The molecule has 1 aliphatic carbocycles. The maximum atomic E-state index is 12.0. The summed E-state index contributed by atoms with van der Waals surface area (Å²) in [5.41, 5.74) is 0.856. The largest absolute Gasteiger partial charge is 0.493 e. The van der Waals surface area contributed by atoms with Crippen LogP contribution in [0.3, 0.4) is 0 Å². The molecule has 1 saturated carbocycles. The molecule has 0 saturated heterocycles. The lowest BCUT2D eigenvalue weighted by molar-refractivity contribution is -0.121. The second-order valence-corrected chi connectivity index (χ2v) is 6.89. The standard InChI is InChI=1S/C21H34N4O3.HI/c1-4-22-21(24-13-12-23-20(26)14-16-8-6-7-9-16)25-17-10-11-18(27-3)19(15-17)28-5-2;/h10-11,15-16H,4-9,12-14H2,1-3H3,(H,23,26)(H2,22,24,25);1H. The average Bonchev–Trinajstić information content (AvgIpc) is 3.19. The molecular formula is C21H35IN4O3. The van der Waals surface area contributed by atoms with Crippen LogP contribution >= 0.6 is 24.0 Å². The monoisotopic (exact) mass is 518 g/mol. The van der Waals surface area contributed by atoms with Crippen LogP contribution < -0.4 is 25.4 Å². The van der Waals surface area contributed by atoms with Crippen LogP contribution in [-0.4, -0.2) is 45.2 Å². The van der Waals surface area contributed by atoms with Crippen LogP contribution in [0.25, 0.3) is 0 Å². The minimum atomic E-state index is 0. The number of carbonyl (C=O) groups excluding carboxylic acids is 1. The van der Waals surface area contributed by atoms with Gasteiger partial charge in [0, 0.05) is 31.3 Å². The van der Waals surface area contributed by atoms with Crippen molar-refractivity contribution in [1.82, 2.24) is 10.6 Å². The lowest BCUT2D eigenvalue weighted by Crippen LogP contribution is -2.32. The highest BCUT2D eigenvalue weighted by atomic mass is 127. The molecule has 1 aromatic carbocycles. The number of hydrogen-bond acceptors (Lipinski definition) is 4. The number of ether oxygens (including phenoxy) is 2. The van der Waals surface area contributed by atoms with E-state index in [0.29, 0.717) is 49.5 Å². The molecule has 29 heavy (non-hydrogen) atoms. The zero-order valence-corrected chi connectivity index (χ0v) is 20.1. The summed E-state index contributed by atoms with van der Waals surface area (Å²) in [5, 5.41) is 9.45. The summed E-state index contributed by atoms with van der Waals surface area (Å²) in [7, 11) is 1.62. The van der Waals surface area contributed by atoms with Crippen LogP contribution in [0.2, 0.25) is 0 Å². The molecule has 164 valence electrons. The Bertz CT molecular complexity index is 649. The van der Waals surface area contributed by atoms with Gasteiger partial charge in [0.25, 0.3) is 0 Å². The summed E-state index contributed by atoms with van der Waals surface area (Å²) in [4.78, 5) is 16.5. The van der Waals surface area contributed by atoms with E-state index in [1.807, 2.05) is 32.0 Å². The molecule has 8 heteroatoms. The summed E-state index contributed by atoms with van der Waals surface area (Å²) in [6, 6.07) is 5.66. The number of rotatable bonds is 10. The van der Waals surface area contributed by atoms with Gasteiger partial charge < -0.3 is 25.4 Å². The van der Waals surface area contributed by atoms with E-state index in [1.54, 1.807) is 7.11 Å². The van der Waals surface area contributed by atoms with Gasteiger partial charge in [-0.25, -0.2) is 0 Å². The normalized spacial score (nSPS) is 14.1. The summed E-state index contributed by atoms with van der Waals surface area (Å²) in [6.07, 6.45) is 5.54. The van der Waals surface area contributed by atoms with Gasteiger partial charge >= 0.3 is 0 Å². The molecule has 1 fully saturated rings. The van der Waals surface area contributed by atoms with Crippen LogP contribution in [0, 0.1) is 5.92 Å². The van der Waals surface area contributed by atoms with Gasteiger partial charge in [0.1, 0.15) is 0 Å². The van der Waals surface area contributed by atoms with Crippen molar-refractivity contribution in [2.75, 3.05) is 38.7 Å². The van der Waals surface area contributed by atoms with E-state index >= 15 is 0 Å². The molecule has 0 unspecified atom stereocenters. The number of anilines is 1. The first-order valence-corrected chi connectivity index (χ1v) is 10.3. The third-order valence-electron chi connectivity index (χ3n) is 4.72. The first kappa shape index (κ1) is 25.3. The number of halogens is 1. The molecule has 2 rings (SSSR count). The van der Waals surface area contributed by atoms with Crippen LogP contribution in [0.5, 0.6) is 11.5 Å². The van der Waals surface area contributed by atoms with Gasteiger partial charge in [-0.15, -0.1) is 24.0 Å². The fourth-order valence-electron chi connectivity index (χ4n) is 3.38. The Morgan fingerprint density at radius 2 is 1.93 bits per heavy atom. The maximum absolute atomic E-state index is 12.0. The molecule has 1 amide bonds. The smallest absolute Gasteiger partial charge is 0.220 e. The molecule has 3 N–H and O–H groups in total. The number of hydrogen-bond donors (Lipinski definition) is 3. The maximum Gasteiger partial charge on any atom is 0.220 e. The lowest BCUT2D eigenvalue weighted by Gasteiger charge is -2.14.